The summed E-state index contributed by atoms with van der Waals surface area (Å²) in [5, 5.41) is 8.69. The topological polar surface area (TPSA) is 66.3 Å². The zero-order valence-electron chi connectivity index (χ0n) is 9.38. The minimum atomic E-state index is -0.788. The fourth-order valence-electron chi connectivity index (χ4n) is 1.94. The zero-order chi connectivity index (χ0) is 12.0. The van der Waals surface area contributed by atoms with Crippen LogP contribution in [0.2, 0.25) is 0 Å². The number of carbonyl (C=O) groups is 1. The van der Waals surface area contributed by atoms with Gasteiger partial charge in [-0.2, -0.15) is 4.98 Å². The van der Waals surface area contributed by atoms with E-state index in [-0.39, 0.29) is 12.5 Å². The Labute approximate surface area is 97.7 Å². The van der Waals surface area contributed by atoms with Gasteiger partial charge in [0, 0.05) is 6.54 Å². The molecule has 0 amide bonds. The Hall–Kier alpha value is -2.04. The first kappa shape index (κ1) is 10.1. The summed E-state index contributed by atoms with van der Waals surface area (Å²) in [4.78, 5) is 16.8. The molecule has 1 aromatic carbocycles. The van der Waals surface area contributed by atoms with E-state index in [1.165, 1.54) is 0 Å². The van der Waals surface area contributed by atoms with Gasteiger partial charge in [-0.25, -0.2) is 0 Å². The van der Waals surface area contributed by atoms with E-state index in [0.717, 1.165) is 16.7 Å². The molecule has 88 valence electrons. The summed E-state index contributed by atoms with van der Waals surface area (Å²) < 4.78 is 5.58. The molecule has 0 aliphatic carbocycles. The molecule has 1 aromatic heterocycles. The smallest absolute Gasteiger partial charge is 0.305 e. The molecular formula is C12H12N2O3. The van der Waals surface area contributed by atoms with Crippen LogP contribution in [0.4, 0.5) is 6.01 Å². The number of carboxylic acid groups (broad SMARTS) is 1. The van der Waals surface area contributed by atoms with Crippen LogP contribution >= 0.6 is 0 Å². The van der Waals surface area contributed by atoms with Gasteiger partial charge in [-0.05, 0) is 24.6 Å². The van der Waals surface area contributed by atoms with Crippen molar-refractivity contribution in [3.63, 3.8) is 0 Å². The summed E-state index contributed by atoms with van der Waals surface area (Å²) in [6.07, 6.45) is 0.137. The first-order valence-electron chi connectivity index (χ1n) is 5.49. The summed E-state index contributed by atoms with van der Waals surface area (Å²) in [5.41, 5.74) is 2.69. The molecule has 0 bridgehead atoms. The molecule has 2 heterocycles. The van der Waals surface area contributed by atoms with Crippen molar-refractivity contribution in [3.8, 4) is 0 Å². The second kappa shape index (κ2) is 3.48. The molecule has 1 aliphatic rings. The SMILES string of the molecule is Cc1ccc2oc(N3CC3CC(=O)O)nc2c1. The molecule has 5 heteroatoms. The van der Waals surface area contributed by atoms with Gasteiger partial charge < -0.3 is 14.4 Å². The number of hydrogen-bond donors (Lipinski definition) is 1. The molecule has 1 N–H and O–H groups in total. The van der Waals surface area contributed by atoms with Gasteiger partial charge in [0.2, 0.25) is 0 Å². The van der Waals surface area contributed by atoms with Crippen molar-refractivity contribution in [3.05, 3.63) is 23.8 Å². The van der Waals surface area contributed by atoms with Gasteiger partial charge >= 0.3 is 5.97 Å². The van der Waals surface area contributed by atoms with Crippen LogP contribution in [0.15, 0.2) is 22.6 Å². The van der Waals surface area contributed by atoms with Crippen molar-refractivity contribution in [1.82, 2.24) is 4.98 Å². The van der Waals surface area contributed by atoms with Crippen molar-refractivity contribution in [2.24, 2.45) is 0 Å². The van der Waals surface area contributed by atoms with Gasteiger partial charge in [0.25, 0.3) is 6.01 Å². The van der Waals surface area contributed by atoms with Crippen molar-refractivity contribution in [2.75, 3.05) is 11.4 Å². The van der Waals surface area contributed by atoms with Crippen LogP contribution in [-0.2, 0) is 4.79 Å². The van der Waals surface area contributed by atoms with Gasteiger partial charge in [0.15, 0.2) is 5.58 Å². The third-order valence-electron chi connectivity index (χ3n) is 2.90. The van der Waals surface area contributed by atoms with Gasteiger partial charge in [0.05, 0.1) is 12.5 Å². The maximum atomic E-state index is 10.6. The van der Waals surface area contributed by atoms with E-state index >= 15 is 0 Å². The van der Waals surface area contributed by atoms with Crippen LogP contribution in [0.3, 0.4) is 0 Å². The largest absolute Gasteiger partial charge is 0.481 e. The third kappa shape index (κ3) is 1.84. The number of hydrogen-bond acceptors (Lipinski definition) is 4. The molecule has 0 radical (unpaired) electrons. The highest BCUT2D eigenvalue weighted by atomic mass is 16.4. The Morgan fingerprint density at radius 2 is 2.47 bits per heavy atom. The molecular weight excluding hydrogens is 220 g/mol. The maximum Gasteiger partial charge on any atom is 0.305 e. The van der Waals surface area contributed by atoms with Crippen LogP contribution in [0.1, 0.15) is 12.0 Å². The van der Waals surface area contributed by atoms with E-state index in [0.29, 0.717) is 12.6 Å². The fourth-order valence-corrected chi connectivity index (χ4v) is 1.94. The van der Waals surface area contributed by atoms with E-state index < -0.39 is 5.97 Å². The number of aromatic nitrogens is 1. The maximum absolute atomic E-state index is 10.6. The summed E-state index contributed by atoms with van der Waals surface area (Å²) in [5.74, 6) is -0.788. The van der Waals surface area contributed by atoms with E-state index in [2.05, 4.69) is 4.98 Å². The highest BCUT2D eigenvalue weighted by molar-refractivity contribution is 5.76. The molecule has 1 atom stereocenters. The van der Waals surface area contributed by atoms with E-state index in [4.69, 9.17) is 9.52 Å². The normalized spacial score (nSPS) is 18.6. The van der Waals surface area contributed by atoms with Gasteiger partial charge in [-0.1, -0.05) is 6.07 Å². The van der Waals surface area contributed by atoms with Crippen LogP contribution in [0.25, 0.3) is 11.1 Å². The van der Waals surface area contributed by atoms with Crippen molar-refractivity contribution in [1.29, 1.82) is 0 Å². The van der Waals surface area contributed by atoms with Crippen molar-refractivity contribution < 1.29 is 14.3 Å². The lowest BCUT2D eigenvalue weighted by atomic mass is 10.2. The van der Waals surface area contributed by atoms with Crippen molar-refractivity contribution >= 4 is 23.1 Å². The molecule has 17 heavy (non-hydrogen) atoms. The second-order valence-electron chi connectivity index (χ2n) is 4.37. The molecule has 0 saturated carbocycles. The highest BCUT2D eigenvalue weighted by Crippen LogP contribution is 2.31. The number of aliphatic carboxylic acids is 1. The lowest BCUT2D eigenvalue weighted by molar-refractivity contribution is -0.136. The summed E-state index contributed by atoms with van der Waals surface area (Å²) in [7, 11) is 0. The quantitative estimate of drug-likeness (QED) is 0.817. The first-order chi connectivity index (χ1) is 8.13. The number of aryl methyl sites for hydroxylation is 1. The van der Waals surface area contributed by atoms with Gasteiger partial charge in [0.1, 0.15) is 5.52 Å². The van der Waals surface area contributed by atoms with Crippen LogP contribution < -0.4 is 4.90 Å². The lowest BCUT2D eigenvalue weighted by Gasteiger charge is -1.95. The molecule has 5 nitrogen and oxygen atoms in total. The first-order valence-corrected chi connectivity index (χ1v) is 5.49. The predicted molar refractivity (Wildman–Crippen MR) is 62.1 cm³/mol. The number of nitrogens with zero attached hydrogens (tertiary/aromatic N) is 2. The summed E-state index contributed by atoms with van der Waals surface area (Å²) in [6.45, 7) is 2.70. The van der Waals surface area contributed by atoms with E-state index in [1.807, 2.05) is 30.0 Å². The third-order valence-corrected chi connectivity index (χ3v) is 2.90. The predicted octanol–water partition coefficient (Wildman–Crippen LogP) is 1.80. The summed E-state index contributed by atoms with van der Waals surface area (Å²) in [6, 6.07) is 6.36. The molecule has 1 fully saturated rings. The molecule has 1 unspecified atom stereocenters. The zero-order valence-corrected chi connectivity index (χ0v) is 9.38. The summed E-state index contributed by atoms with van der Waals surface area (Å²) >= 11 is 0. The number of oxazole rings is 1. The number of benzene rings is 1. The second-order valence-corrected chi connectivity index (χ2v) is 4.37. The fraction of sp³-hybridized carbons (Fsp3) is 0.333. The van der Waals surface area contributed by atoms with Crippen LogP contribution in [0.5, 0.6) is 0 Å². The van der Waals surface area contributed by atoms with Crippen LogP contribution in [0, 0.1) is 6.92 Å². The monoisotopic (exact) mass is 232 g/mol. The number of anilines is 1. The standard InChI is InChI=1S/C12H12N2O3/c1-7-2-3-10-9(4-7)13-12(17-10)14-6-8(14)5-11(15)16/h2-4,8H,5-6H2,1H3,(H,15,16). The Bertz CT molecular complexity index is 590. The van der Waals surface area contributed by atoms with Gasteiger partial charge in [-0.3, -0.25) is 4.79 Å². The Morgan fingerprint density at radius 1 is 1.65 bits per heavy atom. The highest BCUT2D eigenvalue weighted by Gasteiger charge is 2.39. The number of carboxylic acids is 1. The Morgan fingerprint density at radius 3 is 3.24 bits per heavy atom. The van der Waals surface area contributed by atoms with E-state index in [1.54, 1.807) is 0 Å². The van der Waals surface area contributed by atoms with Crippen LogP contribution in [-0.4, -0.2) is 28.6 Å². The van der Waals surface area contributed by atoms with Crippen molar-refractivity contribution in [2.45, 2.75) is 19.4 Å². The average Bonchev–Trinajstić information content (AvgIpc) is 2.88. The number of fused-ring (bicyclic) bond motifs is 1. The Balaban J connectivity index is 1.85. The molecule has 3 rings (SSSR count). The lowest BCUT2D eigenvalue weighted by Crippen LogP contribution is -2.05. The number of rotatable bonds is 3. The molecule has 1 saturated heterocycles. The Kier molecular flexibility index (Phi) is 2.07. The minimum absolute atomic E-state index is 0.0293. The van der Waals surface area contributed by atoms with E-state index in [9.17, 15) is 4.79 Å². The molecule has 1 aliphatic heterocycles. The molecule has 0 spiro atoms. The minimum Gasteiger partial charge on any atom is -0.481 e. The van der Waals surface area contributed by atoms with Gasteiger partial charge in [-0.15, -0.1) is 0 Å². The molecule has 2 aromatic rings. The average molecular weight is 232 g/mol.